The Morgan fingerprint density at radius 3 is 2.52 bits per heavy atom. The fraction of sp³-hybridized carbons (Fsp3) is 0.143. The van der Waals surface area contributed by atoms with E-state index in [4.69, 9.17) is 17.3 Å². The van der Waals surface area contributed by atoms with Gasteiger partial charge in [-0.3, -0.25) is 0 Å². The van der Waals surface area contributed by atoms with Gasteiger partial charge < -0.3 is 5.73 Å². The third-order valence-corrected chi connectivity index (χ3v) is 4.97. The lowest BCUT2D eigenvalue weighted by Crippen LogP contribution is -2.27. The summed E-state index contributed by atoms with van der Waals surface area (Å²) < 4.78 is 40.7. The smallest absolute Gasteiger partial charge is 0.242 e. The normalized spacial score (nSPS) is 13.1. The van der Waals surface area contributed by atoms with Gasteiger partial charge >= 0.3 is 0 Å². The first kappa shape index (κ1) is 15.8. The first-order chi connectivity index (χ1) is 9.81. The highest BCUT2D eigenvalue weighted by Gasteiger charge is 2.22. The largest absolute Gasteiger partial charge is 0.399 e. The molecule has 1 atom stereocenters. The molecule has 21 heavy (non-hydrogen) atoms. The first-order valence-corrected chi connectivity index (χ1v) is 7.99. The molecule has 0 saturated heterocycles. The van der Waals surface area contributed by atoms with Gasteiger partial charge in [0, 0.05) is 17.3 Å². The van der Waals surface area contributed by atoms with Crippen molar-refractivity contribution in [2.75, 3.05) is 5.73 Å². The second-order valence-corrected chi connectivity index (χ2v) is 6.64. The summed E-state index contributed by atoms with van der Waals surface area (Å²) in [5, 5.41) is 0.0169. The summed E-state index contributed by atoms with van der Waals surface area (Å²) in [7, 11) is -3.88. The second-order valence-electron chi connectivity index (χ2n) is 4.55. The summed E-state index contributed by atoms with van der Waals surface area (Å²) in [5.74, 6) is -0.476. The van der Waals surface area contributed by atoms with Gasteiger partial charge in [0.1, 0.15) is 10.7 Å². The van der Waals surface area contributed by atoms with Crippen LogP contribution in [0.3, 0.4) is 0 Å². The van der Waals surface area contributed by atoms with E-state index < -0.39 is 21.9 Å². The minimum Gasteiger partial charge on any atom is -0.399 e. The molecule has 2 aromatic rings. The van der Waals surface area contributed by atoms with E-state index in [1.165, 1.54) is 36.4 Å². The highest BCUT2D eigenvalue weighted by Crippen LogP contribution is 2.26. The molecule has 0 heterocycles. The van der Waals surface area contributed by atoms with Gasteiger partial charge in [0.2, 0.25) is 10.0 Å². The molecule has 0 radical (unpaired) electrons. The summed E-state index contributed by atoms with van der Waals surface area (Å²) in [6.45, 7) is 1.56. The van der Waals surface area contributed by atoms with Gasteiger partial charge in [-0.1, -0.05) is 29.8 Å². The Kier molecular flexibility index (Phi) is 4.51. The van der Waals surface area contributed by atoms with Gasteiger partial charge in [-0.05, 0) is 31.2 Å². The standard InChI is InChI=1S/C14H14ClFN2O2S/c1-9(11-4-2-3-5-13(11)16)18-21(19,20)14-7-6-10(17)8-12(14)15/h2-9,18H,17H2,1H3. The first-order valence-electron chi connectivity index (χ1n) is 6.13. The zero-order chi connectivity index (χ0) is 15.6. The highest BCUT2D eigenvalue weighted by atomic mass is 35.5. The summed E-state index contributed by atoms with van der Waals surface area (Å²) >= 11 is 5.90. The van der Waals surface area contributed by atoms with Crippen LogP contribution in [0.5, 0.6) is 0 Å². The van der Waals surface area contributed by atoms with E-state index in [0.717, 1.165) is 0 Å². The molecule has 7 heteroatoms. The number of rotatable bonds is 4. The molecular weight excluding hydrogens is 315 g/mol. The third kappa shape index (κ3) is 3.53. The van der Waals surface area contributed by atoms with Crippen molar-refractivity contribution in [1.82, 2.24) is 4.72 Å². The number of benzene rings is 2. The number of nitrogens with two attached hydrogens (primary N) is 1. The minimum absolute atomic E-state index is 0.0169. The lowest BCUT2D eigenvalue weighted by atomic mass is 10.1. The van der Waals surface area contributed by atoms with E-state index in [2.05, 4.69) is 4.72 Å². The average Bonchev–Trinajstić information content (AvgIpc) is 2.37. The quantitative estimate of drug-likeness (QED) is 0.847. The Balaban J connectivity index is 2.31. The molecule has 0 bridgehead atoms. The van der Waals surface area contributed by atoms with Gasteiger partial charge in [-0.25, -0.2) is 17.5 Å². The molecule has 0 aliphatic rings. The number of hydrogen-bond acceptors (Lipinski definition) is 3. The predicted octanol–water partition coefficient (Wildman–Crippen LogP) is 3.10. The molecule has 0 aliphatic heterocycles. The second kappa shape index (κ2) is 6.01. The average molecular weight is 329 g/mol. The van der Waals surface area contributed by atoms with Crippen molar-refractivity contribution in [1.29, 1.82) is 0 Å². The minimum atomic E-state index is -3.88. The van der Waals surface area contributed by atoms with Crippen LogP contribution < -0.4 is 10.5 Å². The lowest BCUT2D eigenvalue weighted by molar-refractivity contribution is 0.550. The van der Waals surface area contributed by atoms with Crippen LogP contribution in [-0.4, -0.2) is 8.42 Å². The van der Waals surface area contributed by atoms with Crippen LogP contribution in [0.1, 0.15) is 18.5 Å². The number of hydrogen-bond donors (Lipinski definition) is 2. The zero-order valence-electron chi connectivity index (χ0n) is 11.2. The maximum atomic E-state index is 13.7. The third-order valence-electron chi connectivity index (χ3n) is 2.95. The molecule has 3 N–H and O–H groups in total. The van der Waals surface area contributed by atoms with Gasteiger partial charge in [0.25, 0.3) is 0 Å². The van der Waals surface area contributed by atoms with Crippen molar-refractivity contribution >= 4 is 27.3 Å². The maximum absolute atomic E-state index is 13.7. The monoisotopic (exact) mass is 328 g/mol. The Morgan fingerprint density at radius 2 is 1.90 bits per heavy atom. The number of nitrogens with one attached hydrogen (secondary N) is 1. The van der Waals surface area contributed by atoms with Crippen LogP contribution >= 0.6 is 11.6 Å². The van der Waals surface area contributed by atoms with Crippen LogP contribution in [0.2, 0.25) is 5.02 Å². The van der Waals surface area contributed by atoms with Gasteiger partial charge in [-0.2, -0.15) is 0 Å². The van der Waals surface area contributed by atoms with Crippen molar-refractivity contribution in [3.8, 4) is 0 Å². The Labute approximate surface area is 127 Å². The van der Waals surface area contributed by atoms with E-state index in [0.29, 0.717) is 5.69 Å². The fourth-order valence-electron chi connectivity index (χ4n) is 1.92. The number of anilines is 1. The topological polar surface area (TPSA) is 72.2 Å². The Morgan fingerprint density at radius 1 is 1.24 bits per heavy atom. The molecular formula is C14H14ClFN2O2S. The fourth-order valence-corrected chi connectivity index (χ4v) is 3.70. The number of sulfonamides is 1. The van der Waals surface area contributed by atoms with Crippen LogP contribution in [0, 0.1) is 5.82 Å². The van der Waals surface area contributed by atoms with E-state index >= 15 is 0 Å². The summed E-state index contributed by atoms with van der Waals surface area (Å²) in [5.41, 5.74) is 6.15. The van der Waals surface area contributed by atoms with Crippen LogP contribution in [0.25, 0.3) is 0 Å². The molecule has 2 aromatic carbocycles. The molecule has 0 fully saturated rings. The van der Waals surface area contributed by atoms with Crippen LogP contribution in [0.4, 0.5) is 10.1 Å². The molecule has 0 spiro atoms. The molecule has 0 amide bonds. The van der Waals surface area contributed by atoms with Crippen molar-refractivity contribution < 1.29 is 12.8 Å². The van der Waals surface area contributed by atoms with E-state index in [9.17, 15) is 12.8 Å². The summed E-state index contributed by atoms with van der Waals surface area (Å²) in [6, 6.07) is 9.34. The number of halogens is 2. The Hall–Kier alpha value is -1.63. The molecule has 0 saturated carbocycles. The Bertz CT molecular complexity index is 765. The van der Waals surface area contributed by atoms with Crippen molar-refractivity contribution in [2.45, 2.75) is 17.9 Å². The predicted molar refractivity (Wildman–Crippen MR) is 81.0 cm³/mol. The molecule has 0 aromatic heterocycles. The van der Waals surface area contributed by atoms with E-state index in [-0.39, 0.29) is 15.5 Å². The molecule has 112 valence electrons. The van der Waals surface area contributed by atoms with Crippen LogP contribution in [-0.2, 0) is 10.0 Å². The van der Waals surface area contributed by atoms with Gasteiger partial charge in [0.05, 0.1) is 5.02 Å². The maximum Gasteiger partial charge on any atom is 0.242 e. The molecule has 4 nitrogen and oxygen atoms in total. The number of nitrogen functional groups attached to an aromatic ring is 1. The van der Waals surface area contributed by atoms with Crippen molar-refractivity contribution in [2.24, 2.45) is 0 Å². The molecule has 1 unspecified atom stereocenters. The summed E-state index contributed by atoms with van der Waals surface area (Å²) in [6.07, 6.45) is 0. The van der Waals surface area contributed by atoms with Gasteiger partial charge in [-0.15, -0.1) is 0 Å². The zero-order valence-corrected chi connectivity index (χ0v) is 12.7. The lowest BCUT2D eigenvalue weighted by Gasteiger charge is -2.16. The SMILES string of the molecule is CC(NS(=O)(=O)c1ccc(N)cc1Cl)c1ccccc1F. The molecule has 2 rings (SSSR count). The van der Waals surface area contributed by atoms with Crippen molar-refractivity contribution in [3.63, 3.8) is 0 Å². The van der Waals surface area contributed by atoms with Crippen LogP contribution in [0.15, 0.2) is 47.4 Å². The summed E-state index contributed by atoms with van der Waals surface area (Å²) in [4.78, 5) is -0.0958. The molecule has 0 aliphatic carbocycles. The van der Waals surface area contributed by atoms with E-state index in [1.807, 2.05) is 0 Å². The highest BCUT2D eigenvalue weighted by molar-refractivity contribution is 7.89. The van der Waals surface area contributed by atoms with Crippen molar-refractivity contribution in [3.05, 3.63) is 58.9 Å². The van der Waals surface area contributed by atoms with E-state index in [1.54, 1.807) is 13.0 Å². The van der Waals surface area contributed by atoms with Gasteiger partial charge in [0.15, 0.2) is 0 Å².